The molecule has 6 nitrogen and oxygen atoms in total. The number of rotatable bonds is 9. The van der Waals surface area contributed by atoms with Crippen LogP contribution in [0, 0.1) is 0 Å². The Bertz CT molecular complexity index is 723. The summed E-state index contributed by atoms with van der Waals surface area (Å²) in [5, 5.41) is 0. The molecule has 2 saturated heterocycles. The Kier molecular flexibility index (Phi) is 7.84. The van der Waals surface area contributed by atoms with Gasteiger partial charge in [0.15, 0.2) is 0 Å². The summed E-state index contributed by atoms with van der Waals surface area (Å²) in [6.45, 7) is 5.89. The van der Waals surface area contributed by atoms with Crippen molar-refractivity contribution in [3.8, 4) is 5.75 Å². The Hall–Kier alpha value is -2.08. The molecule has 4 rings (SSSR count). The number of likely N-dealkylation sites (tertiary alicyclic amines) is 1. The molecular formula is C25H37N3O3. The van der Waals surface area contributed by atoms with E-state index in [0.29, 0.717) is 25.5 Å². The average Bonchev–Trinajstić information content (AvgIpc) is 3.29. The second-order valence-corrected chi connectivity index (χ2v) is 9.17. The molecule has 170 valence electrons. The zero-order chi connectivity index (χ0) is 21.5. The lowest BCUT2D eigenvalue weighted by Crippen LogP contribution is -2.46. The maximum absolute atomic E-state index is 11.9. The van der Waals surface area contributed by atoms with Crippen molar-refractivity contribution in [1.29, 1.82) is 0 Å². The highest BCUT2D eigenvalue weighted by Gasteiger charge is 2.25. The lowest BCUT2D eigenvalue weighted by Gasteiger charge is -2.37. The van der Waals surface area contributed by atoms with E-state index in [-0.39, 0.29) is 11.8 Å². The maximum Gasteiger partial charge on any atom is 0.229 e. The van der Waals surface area contributed by atoms with Crippen molar-refractivity contribution in [2.75, 3.05) is 44.2 Å². The van der Waals surface area contributed by atoms with Gasteiger partial charge < -0.3 is 9.64 Å². The van der Waals surface area contributed by atoms with Gasteiger partial charge in [-0.2, -0.15) is 0 Å². The van der Waals surface area contributed by atoms with E-state index in [9.17, 15) is 9.59 Å². The summed E-state index contributed by atoms with van der Waals surface area (Å²) in [4.78, 5) is 30.2. The Morgan fingerprint density at radius 1 is 0.806 bits per heavy atom. The summed E-state index contributed by atoms with van der Waals surface area (Å²) in [6.07, 6.45) is 10.2. The molecule has 0 bridgehead atoms. The maximum atomic E-state index is 11.9. The van der Waals surface area contributed by atoms with Crippen LogP contribution in [0.5, 0.6) is 5.75 Å². The van der Waals surface area contributed by atoms with Crippen molar-refractivity contribution in [2.24, 2.45) is 0 Å². The van der Waals surface area contributed by atoms with Gasteiger partial charge in [-0.05, 0) is 63.6 Å². The molecule has 0 unspecified atom stereocenters. The fourth-order valence-corrected chi connectivity index (χ4v) is 5.05. The van der Waals surface area contributed by atoms with Crippen molar-refractivity contribution in [3.63, 3.8) is 0 Å². The summed E-state index contributed by atoms with van der Waals surface area (Å²) in [6, 6.07) is 8.51. The van der Waals surface area contributed by atoms with E-state index < -0.39 is 0 Å². The molecule has 3 aliphatic rings. The monoisotopic (exact) mass is 427 g/mol. The molecule has 1 saturated carbocycles. The lowest BCUT2D eigenvalue weighted by molar-refractivity contribution is -0.148. The topological polar surface area (TPSA) is 53.1 Å². The van der Waals surface area contributed by atoms with Gasteiger partial charge >= 0.3 is 0 Å². The lowest BCUT2D eigenvalue weighted by atomic mass is 10.1. The number of anilines is 1. The molecule has 0 radical (unpaired) electrons. The third kappa shape index (κ3) is 6.00. The zero-order valence-corrected chi connectivity index (χ0v) is 18.8. The SMILES string of the molecule is O=C1CCCC(=O)N1CCCCCN1CCN(c2ccccc2OC2CCCC2)CC1. The minimum Gasteiger partial charge on any atom is -0.488 e. The van der Waals surface area contributed by atoms with Crippen LogP contribution < -0.4 is 9.64 Å². The highest BCUT2D eigenvalue weighted by molar-refractivity contribution is 5.97. The van der Waals surface area contributed by atoms with Gasteiger partial charge in [0, 0.05) is 45.6 Å². The number of ether oxygens (including phenoxy) is 1. The van der Waals surface area contributed by atoms with E-state index >= 15 is 0 Å². The fourth-order valence-electron chi connectivity index (χ4n) is 5.05. The predicted octanol–water partition coefficient (Wildman–Crippen LogP) is 3.84. The number of nitrogens with zero attached hydrogens (tertiary/aromatic N) is 3. The number of unbranched alkanes of at least 4 members (excludes halogenated alkanes) is 2. The van der Waals surface area contributed by atoms with E-state index in [1.165, 1.54) is 36.3 Å². The number of hydrogen-bond donors (Lipinski definition) is 0. The Morgan fingerprint density at radius 2 is 1.48 bits per heavy atom. The van der Waals surface area contributed by atoms with Gasteiger partial charge in [0.25, 0.3) is 0 Å². The molecule has 0 N–H and O–H groups in total. The van der Waals surface area contributed by atoms with Gasteiger partial charge in [-0.1, -0.05) is 18.6 Å². The molecule has 1 aromatic carbocycles. The number of carbonyl (C=O) groups excluding carboxylic acids is 2. The van der Waals surface area contributed by atoms with Crippen LogP contribution in [-0.2, 0) is 9.59 Å². The summed E-state index contributed by atoms with van der Waals surface area (Å²) < 4.78 is 6.34. The molecule has 1 aromatic rings. The van der Waals surface area contributed by atoms with Crippen LogP contribution in [0.2, 0.25) is 0 Å². The largest absolute Gasteiger partial charge is 0.488 e. The molecule has 0 atom stereocenters. The van der Waals surface area contributed by atoms with E-state index in [4.69, 9.17) is 4.74 Å². The van der Waals surface area contributed by atoms with Crippen molar-refractivity contribution in [1.82, 2.24) is 9.80 Å². The minimum atomic E-state index is 0.0181. The predicted molar refractivity (Wildman–Crippen MR) is 122 cm³/mol. The van der Waals surface area contributed by atoms with Gasteiger partial charge in [-0.3, -0.25) is 19.4 Å². The number of piperazine rings is 1. The standard InChI is InChI=1S/C25H37N3O3/c29-24-13-8-14-25(30)28(24)16-7-1-6-15-26-17-19-27(20-18-26)22-11-4-5-12-23(22)31-21-9-2-3-10-21/h4-5,11-12,21H,1-3,6-10,13-20H2. The number of benzene rings is 1. The van der Waals surface area contributed by atoms with Crippen LogP contribution in [0.1, 0.15) is 64.2 Å². The third-order valence-electron chi connectivity index (χ3n) is 6.91. The van der Waals surface area contributed by atoms with E-state index in [1.807, 2.05) is 0 Å². The first-order valence-corrected chi connectivity index (χ1v) is 12.3. The number of piperidine rings is 1. The molecule has 3 fully saturated rings. The smallest absolute Gasteiger partial charge is 0.229 e. The summed E-state index contributed by atoms with van der Waals surface area (Å²) >= 11 is 0. The molecule has 1 aliphatic carbocycles. The Morgan fingerprint density at radius 3 is 2.23 bits per heavy atom. The first-order valence-electron chi connectivity index (χ1n) is 12.3. The highest BCUT2D eigenvalue weighted by Crippen LogP contribution is 2.32. The van der Waals surface area contributed by atoms with Crippen LogP contribution in [0.15, 0.2) is 24.3 Å². The van der Waals surface area contributed by atoms with E-state index in [0.717, 1.165) is 64.2 Å². The van der Waals surface area contributed by atoms with Crippen molar-refractivity contribution in [2.45, 2.75) is 70.3 Å². The second-order valence-electron chi connectivity index (χ2n) is 9.17. The molecule has 2 amide bonds. The fraction of sp³-hybridized carbons (Fsp3) is 0.680. The molecular weight excluding hydrogens is 390 g/mol. The zero-order valence-electron chi connectivity index (χ0n) is 18.8. The number of imide groups is 1. The first-order chi connectivity index (χ1) is 15.2. The van der Waals surface area contributed by atoms with Crippen LogP contribution in [0.25, 0.3) is 0 Å². The number of carbonyl (C=O) groups is 2. The van der Waals surface area contributed by atoms with Gasteiger partial charge in [0.2, 0.25) is 11.8 Å². The minimum absolute atomic E-state index is 0.0181. The van der Waals surface area contributed by atoms with Crippen LogP contribution >= 0.6 is 0 Å². The average molecular weight is 428 g/mol. The quantitative estimate of drug-likeness (QED) is 0.443. The second kappa shape index (κ2) is 11.0. The van der Waals surface area contributed by atoms with Gasteiger partial charge in [-0.15, -0.1) is 0 Å². The molecule has 31 heavy (non-hydrogen) atoms. The van der Waals surface area contributed by atoms with E-state index in [2.05, 4.69) is 34.1 Å². The third-order valence-corrected chi connectivity index (χ3v) is 6.91. The van der Waals surface area contributed by atoms with Gasteiger partial charge in [0.05, 0.1) is 11.8 Å². The van der Waals surface area contributed by atoms with Gasteiger partial charge in [-0.25, -0.2) is 0 Å². The number of hydrogen-bond acceptors (Lipinski definition) is 5. The molecule has 2 aliphatic heterocycles. The van der Waals surface area contributed by atoms with Crippen molar-refractivity contribution >= 4 is 17.5 Å². The number of para-hydroxylation sites is 2. The van der Waals surface area contributed by atoms with E-state index in [1.54, 1.807) is 0 Å². The Labute approximate surface area is 186 Å². The first kappa shape index (κ1) is 22.1. The normalized spacial score (nSPS) is 21.2. The Balaban J connectivity index is 1.16. The molecule has 0 spiro atoms. The van der Waals surface area contributed by atoms with Gasteiger partial charge in [0.1, 0.15) is 5.75 Å². The highest BCUT2D eigenvalue weighted by atomic mass is 16.5. The van der Waals surface area contributed by atoms with Crippen LogP contribution in [0.4, 0.5) is 5.69 Å². The van der Waals surface area contributed by atoms with Crippen molar-refractivity contribution in [3.05, 3.63) is 24.3 Å². The summed E-state index contributed by atoms with van der Waals surface area (Å²) in [7, 11) is 0. The van der Waals surface area contributed by atoms with Crippen molar-refractivity contribution < 1.29 is 14.3 Å². The molecule has 6 heteroatoms. The van der Waals surface area contributed by atoms with Crippen LogP contribution in [-0.4, -0.2) is 67.0 Å². The number of amides is 2. The molecule has 2 heterocycles. The van der Waals surface area contributed by atoms with Crippen LogP contribution in [0.3, 0.4) is 0 Å². The summed E-state index contributed by atoms with van der Waals surface area (Å²) in [5.41, 5.74) is 1.24. The summed E-state index contributed by atoms with van der Waals surface area (Å²) in [5.74, 6) is 1.08. The molecule has 0 aromatic heterocycles.